The lowest BCUT2D eigenvalue weighted by atomic mass is 10.0. The van der Waals surface area contributed by atoms with Crippen LogP contribution < -0.4 is 10.1 Å². The Hall–Kier alpha value is -1.06. The van der Waals surface area contributed by atoms with Crippen LogP contribution in [0, 0.1) is 6.92 Å². The summed E-state index contributed by atoms with van der Waals surface area (Å²) < 4.78 is 5.94. The number of aliphatic hydroxyl groups is 1. The van der Waals surface area contributed by atoms with Crippen molar-refractivity contribution in [3.05, 3.63) is 29.3 Å². The van der Waals surface area contributed by atoms with E-state index >= 15 is 0 Å². The summed E-state index contributed by atoms with van der Waals surface area (Å²) in [5, 5.41) is 13.2. The predicted molar refractivity (Wildman–Crippen MR) is 77.5 cm³/mol. The summed E-state index contributed by atoms with van der Waals surface area (Å²) in [6.45, 7) is 7.31. The van der Waals surface area contributed by atoms with Gasteiger partial charge in [-0.1, -0.05) is 19.1 Å². The van der Waals surface area contributed by atoms with Crippen molar-refractivity contribution in [1.82, 2.24) is 5.32 Å². The molecule has 1 aliphatic carbocycles. The molecule has 0 bridgehead atoms. The highest BCUT2D eigenvalue weighted by atomic mass is 16.5. The molecule has 0 spiro atoms. The van der Waals surface area contributed by atoms with E-state index in [2.05, 4.69) is 38.2 Å². The molecule has 1 aromatic rings. The van der Waals surface area contributed by atoms with Crippen molar-refractivity contribution < 1.29 is 9.84 Å². The third kappa shape index (κ3) is 3.48. The highest BCUT2D eigenvalue weighted by Crippen LogP contribution is 2.28. The molecular formula is C16H25NO2. The fourth-order valence-electron chi connectivity index (χ4n) is 2.71. The number of aryl methyl sites for hydroxylation is 1. The average Bonchev–Trinajstić information content (AvgIpc) is 2.78. The normalized spacial score (nSPS) is 24.4. The topological polar surface area (TPSA) is 41.5 Å². The number of nitrogens with one attached hydrogen (secondary N) is 1. The first-order valence-corrected chi connectivity index (χ1v) is 7.30. The van der Waals surface area contributed by atoms with E-state index < -0.39 is 0 Å². The molecule has 0 heterocycles. The van der Waals surface area contributed by atoms with Crippen molar-refractivity contribution in [2.45, 2.75) is 58.3 Å². The van der Waals surface area contributed by atoms with Crippen LogP contribution in [0.15, 0.2) is 18.2 Å². The largest absolute Gasteiger partial charge is 0.487 e. The van der Waals surface area contributed by atoms with E-state index in [4.69, 9.17) is 4.74 Å². The minimum atomic E-state index is -0.306. The second-order valence-electron chi connectivity index (χ2n) is 5.46. The monoisotopic (exact) mass is 263 g/mol. The minimum absolute atomic E-state index is 0.0317. The van der Waals surface area contributed by atoms with Gasteiger partial charge in [-0.15, -0.1) is 0 Å². The summed E-state index contributed by atoms with van der Waals surface area (Å²) in [5.41, 5.74) is 2.42. The summed E-state index contributed by atoms with van der Waals surface area (Å²) in [5.74, 6) is 0.901. The SMILES string of the molecule is CCNC(C)c1ccc(OC2CCCC2O)c(C)c1. The molecule has 1 aliphatic rings. The Morgan fingerprint density at radius 2 is 2.21 bits per heavy atom. The molecule has 2 rings (SSSR count). The number of hydrogen-bond donors (Lipinski definition) is 2. The lowest BCUT2D eigenvalue weighted by Crippen LogP contribution is -2.26. The molecule has 2 N–H and O–H groups in total. The molecule has 0 saturated heterocycles. The Morgan fingerprint density at radius 3 is 2.79 bits per heavy atom. The van der Waals surface area contributed by atoms with Crippen LogP contribution in [0.3, 0.4) is 0 Å². The number of ether oxygens (including phenoxy) is 1. The van der Waals surface area contributed by atoms with Crippen LogP contribution in [0.1, 0.15) is 50.3 Å². The first-order chi connectivity index (χ1) is 9.11. The predicted octanol–water partition coefficient (Wildman–Crippen LogP) is 2.96. The lowest BCUT2D eigenvalue weighted by Gasteiger charge is -2.20. The minimum Gasteiger partial charge on any atom is -0.487 e. The Labute approximate surface area is 116 Å². The molecule has 0 amide bonds. The van der Waals surface area contributed by atoms with Gasteiger partial charge in [0.1, 0.15) is 11.9 Å². The fraction of sp³-hybridized carbons (Fsp3) is 0.625. The van der Waals surface area contributed by atoms with Crippen molar-refractivity contribution in [3.63, 3.8) is 0 Å². The van der Waals surface area contributed by atoms with E-state index in [-0.39, 0.29) is 12.2 Å². The van der Waals surface area contributed by atoms with E-state index in [1.165, 1.54) is 5.56 Å². The zero-order valence-electron chi connectivity index (χ0n) is 12.1. The second-order valence-corrected chi connectivity index (χ2v) is 5.46. The summed E-state index contributed by atoms with van der Waals surface area (Å²) in [7, 11) is 0. The molecule has 1 aromatic carbocycles. The van der Waals surface area contributed by atoms with Gasteiger partial charge >= 0.3 is 0 Å². The van der Waals surface area contributed by atoms with Crippen molar-refractivity contribution in [3.8, 4) is 5.75 Å². The van der Waals surface area contributed by atoms with Crippen molar-refractivity contribution in [2.24, 2.45) is 0 Å². The van der Waals surface area contributed by atoms with Gasteiger partial charge < -0.3 is 15.2 Å². The van der Waals surface area contributed by atoms with E-state index in [1.54, 1.807) is 0 Å². The van der Waals surface area contributed by atoms with Crippen LogP contribution >= 0.6 is 0 Å². The Balaban J connectivity index is 2.06. The molecular weight excluding hydrogens is 238 g/mol. The lowest BCUT2D eigenvalue weighted by molar-refractivity contribution is 0.0599. The van der Waals surface area contributed by atoms with Crippen molar-refractivity contribution >= 4 is 0 Å². The second kappa shape index (κ2) is 6.40. The smallest absolute Gasteiger partial charge is 0.124 e. The van der Waals surface area contributed by atoms with Crippen LogP contribution in [0.25, 0.3) is 0 Å². The van der Waals surface area contributed by atoms with Gasteiger partial charge in [-0.2, -0.15) is 0 Å². The maximum absolute atomic E-state index is 9.82. The molecule has 0 aliphatic heterocycles. The van der Waals surface area contributed by atoms with Gasteiger partial charge in [0.05, 0.1) is 6.10 Å². The van der Waals surface area contributed by atoms with Gasteiger partial charge in [0, 0.05) is 6.04 Å². The summed E-state index contributed by atoms with van der Waals surface area (Å²) >= 11 is 0. The van der Waals surface area contributed by atoms with E-state index in [1.807, 2.05) is 6.07 Å². The fourth-order valence-corrected chi connectivity index (χ4v) is 2.71. The quantitative estimate of drug-likeness (QED) is 0.858. The Morgan fingerprint density at radius 1 is 1.42 bits per heavy atom. The highest BCUT2D eigenvalue weighted by Gasteiger charge is 2.27. The number of hydrogen-bond acceptors (Lipinski definition) is 3. The molecule has 1 fully saturated rings. The molecule has 3 nitrogen and oxygen atoms in total. The number of benzene rings is 1. The number of aliphatic hydroxyl groups excluding tert-OH is 1. The Kier molecular flexibility index (Phi) is 4.83. The highest BCUT2D eigenvalue weighted by molar-refractivity contribution is 5.37. The molecule has 0 aromatic heterocycles. The third-order valence-electron chi connectivity index (χ3n) is 3.91. The van der Waals surface area contributed by atoms with Crippen LogP contribution in [-0.4, -0.2) is 23.9 Å². The first kappa shape index (κ1) is 14.4. The molecule has 0 radical (unpaired) electrons. The summed E-state index contributed by atoms with van der Waals surface area (Å²) in [4.78, 5) is 0. The first-order valence-electron chi connectivity index (χ1n) is 7.30. The summed E-state index contributed by atoms with van der Waals surface area (Å²) in [6, 6.07) is 6.67. The van der Waals surface area contributed by atoms with Crippen LogP contribution in [0.5, 0.6) is 5.75 Å². The number of rotatable bonds is 5. The standard InChI is InChI=1S/C16H25NO2/c1-4-17-12(3)13-8-9-15(11(2)10-13)19-16-7-5-6-14(16)18/h8-10,12,14,16-18H,4-7H2,1-3H3. The molecule has 106 valence electrons. The van der Waals surface area contributed by atoms with E-state index in [0.29, 0.717) is 6.04 Å². The zero-order chi connectivity index (χ0) is 13.8. The van der Waals surface area contributed by atoms with E-state index in [9.17, 15) is 5.11 Å². The van der Waals surface area contributed by atoms with Crippen LogP contribution in [-0.2, 0) is 0 Å². The van der Waals surface area contributed by atoms with Crippen molar-refractivity contribution in [1.29, 1.82) is 0 Å². The van der Waals surface area contributed by atoms with E-state index in [0.717, 1.165) is 37.1 Å². The summed E-state index contributed by atoms with van der Waals surface area (Å²) in [6.07, 6.45) is 2.53. The van der Waals surface area contributed by atoms with Gasteiger partial charge in [0.15, 0.2) is 0 Å². The average molecular weight is 263 g/mol. The molecule has 1 saturated carbocycles. The van der Waals surface area contributed by atoms with Crippen molar-refractivity contribution in [2.75, 3.05) is 6.54 Å². The van der Waals surface area contributed by atoms with Gasteiger partial charge in [0.25, 0.3) is 0 Å². The van der Waals surface area contributed by atoms with Gasteiger partial charge in [0.2, 0.25) is 0 Å². The van der Waals surface area contributed by atoms with Crippen LogP contribution in [0.2, 0.25) is 0 Å². The molecule has 19 heavy (non-hydrogen) atoms. The van der Waals surface area contributed by atoms with Gasteiger partial charge in [-0.05, 0) is 56.8 Å². The maximum atomic E-state index is 9.82. The van der Waals surface area contributed by atoms with Gasteiger partial charge in [-0.3, -0.25) is 0 Å². The molecule has 3 heteroatoms. The van der Waals surface area contributed by atoms with Crippen LogP contribution in [0.4, 0.5) is 0 Å². The third-order valence-corrected chi connectivity index (χ3v) is 3.91. The Bertz CT molecular complexity index is 419. The van der Waals surface area contributed by atoms with Gasteiger partial charge in [-0.25, -0.2) is 0 Å². The molecule has 3 atom stereocenters. The zero-order valence-corrected chi connectivity index (χ0v) is 12.1. The molecule has 3 unspecified atom stereocenters. The maximum Gasteiger partial charge on any atom is 0.124 e.